The lowest BCUT2D eigenvalue weighted by atomic mass is 10.1. The Bertz CT molecular complexity index is 253. The minimum absolute atomic E-state index is 0.725. The smallest absolute Gasteiger partial charge is 0.0852 e. The SMILES string of the molecule is Cc1ccc(N=N)cc1C. The van der Waals surface area contributed by atoms with E-state index >= 15 is 0 Å². The zero-order chi connectivity index (χ0) is 7.56. The number of hydrogen-bond acceptors (Lipinski definition) is 2. The first-order valence-electron chi connectivity index (χ1n) is 3.19. The van der Waals surface area contributed by atoms with Crippen molar-refractivity contribution >= 4 is 5.69 Å². The molecule has 0 atom stereocenters. The minimum atomic E-state index is 0.725. The molecule has 0 amide bonds. The molecular weight excluding hydrogens is 124 g/mol. The third kappa shape index (κ3) is 1.21. The van der Waals surface area contributed by atoms with Gasteiger partial charge < -0.3 is 0 Å². The molecule has 0 spiro atoms. The average Bonchev–Trinajstić information content (AvgIpc) is 1.95. The van der Waals surface area contributed by atoms with Crippen LogP contribution in [0.4, 0.5) is 5.69 Å². The lowest BCUT2D eigenvalue weighted by Gasteiger charge is -1.97. The van der Waals surface area contributed by atoms with Gasteiger partial charge in [-0.1, -0.05) is 6.07 Å². The Balaban J connectivity index is 3.16. The van der Waals surface area contributed by atoms with E-state index in [1.165, 1.54) is 11.1 Å². The van der Waals surface area contributed by atoms with Crippen LogP contribution in [0.5, 0.6) is 0 Å². The van der Waals surface area contributed by atoms with E-state index in [2.05, 4.69) is 5.11 Å². The normalized spacial score (nSPS) is 9.40. The molecule has 1 N–H and O–H groups in total. The lowest BCUT2D eigenvalue weighted by Crippen LogP contribution is -1.76. The average molecular weight is 134 g/mol. The molecule has 0 fully saturated rings. The van der Waals surface area contributed by atoms with Gasteiger partial charge in [0.15, 0.2) is 0 Å². The van der Waals surface area contributed by atoms with Gasteiger partial charge in [0.1, 0.15) is 0 Å². The van der Waals surface area contributed by atoms with E-state index in [0.717, 1.165) is 5.69 Å². The Morgan fingerprint density at radius 2 is 1.90 bits per heavy atom. The molecule has 2 heteroatoms. The van der Waals surface area contributed by atoms with Crippen molar-refractivity contribution in [3.63, 3.8) is 0 Å². The van der Waals surface area contributed by atoms with Crippen LogP contribution >= 0.6 is 0 Å². The molecule has 1 aromatic rings. The number of aryl methyl sites for hydroxylation is 2. The Labute approximate surface area is 60.4 Å². The molecule has 0 aliphatic heterocycles. The van der Waals surface area contributed by atoms with E-state index in [1.54, 1.807) is 0 Å². The van der Waals surface area contributed by atoms with Gasteiger partial charge in [-0.3, -0.25) is 0 Å². The fraction of sp³-hybridized carbons (Fsp3) is 0.250. The predicted molar refractivity (Wildman–Crippen MR) is 40.7 cm³/mol. The number of rotatable bonds is 1. The van der Waals surface area contributed by atoms with Gasteiger partial charge in [0.05, 0.1) is 5.69 Å². The van der Waals surface area contributed by atoms with Crippen molar-refractivity contribution in [3.05, 3.63) is 29.3 Å². The zero-order valence-corrected chi connectivity index (χ0v) is 6.18. The molecular formula is C8H10N2. The van der Waals surface area contributed by atoms with E-state index in [9.17, 15) is 0 Å². The van der Waals surface area contributed by atoms with E-state index in [4.69, 9.17) is 5.53 Å². The van der Waals surface area contributed by atoms with Gasteiger partial charge in [0.25, 0.3) is 0 Å². The number of nitrogens with one attached hydrogen (secondary N) is 1. The second-order valence-corrected chi connectivity index (χ2v) is 2.38. The number of hydrogen-bond donors (Lipinski definition) is 1. The highest BCUT2D eigenvalue weighted by atomic mass is 15.0. The zero-order valence-electron chi connectivity index (χ0n) is 6.18. The lowest BCUT2D eigenvalue weighted by molar-refractivity contribution is 1.14. The Morgan fingerprint density at radius 3 is 2.40 bits per heavy atom. The largest absolute Gasteiger partial charge is 0.204 e. The minimum Gasteiger partial charge on any atom is -0.204 e. The molecule has 0 aromatic heterocycles. The van der Waals surface area contributed by atoms with E-state index in [0.29, 0.717) is 0 Å². The summed E-state index contributed by atoms with van der Waals surface area (Å²) in [5.74, 6) is 0. The molecule has 0 unspecified atom stereocenters. The number of benzene rings is 1. The second-order valence-electron chi connectivity index (χ2n) is 2.38. The van der Waals surface area contributed by atoms with Gasteiger partial charge in [-0.2, -0.15) is 5.11 Å². The van der Waals surface area contributed by atoms with Crippen LogP contribution < -0.4 is 0 Å². The van der Waals surface area contributed by atoms with Crippen molar-refractivity contribution in [1.29, 1.82) is 5.53 Å². The summed E-state index contributed by atoms with van der Waals surface area (Å²) in [5, 5.41) is 3.32. The highest BCUT2D eigenvalue weighted by Gasteiger charge is 1.92. The molecule has 0 aliphatic carbocycles. The Kier molecular flexibility index (Phi) is 1.81. The van der Waals surface area contributed by atoms with Gasteiger partial charge in [-0.25, -0.2) is 5.53 Å². The van der Waals surface area contributed by atoms with Crippen LogP contribution in [0, 0.1) is 19.4 Å². The maximum Gasteiger partial charge on any atom is 0.0852 e. The van der Waals surface area contributed by atoms with Gasteiger partial charge in [-0.15, -0.1) is 0 Å². The van der Waals surface area contributed by atoms with Crippen LogP contribution in [0.1, 0.15) is 11.1 Å². The van der Waals surface area contributed by atoms with Gasteiger partial charge in [0.2, 0.25) is 0 Å². The molecule has 0 bridgehead atoms. The summed E-state index contributed by atoms with van der Waals surface area (Å²) in [5.41, 5.74) is 9.89. The summed E-state index contributed by atoms with van der Waals surface area (Å²) < 4.78 is 0. The van der Waals surface area contributed by atoms with Crippen LogP contribution in [-0.4, -0.2) is 0 Å². The van der Waals surface area contributed by atoms with Gasteiger partial charge in [-0.05, 0) is 37.1 Å². The molecule has 1 rings (SSSR count). The third-order valence-electron chi connectivity index (χ3n) is 1.62. The van der Waals surface area contributed by atoms with Crippen molar-refractivity contribution < 1.29 is 0 Å². The van der Waals surface area contributed by atoms with Crippen LogP contribution in [0.15, 0.2) is 23.3 Å². The first kappa shape index (κ1) is 6.93. The highest BCUT2D eigenvalue weighted by molar-refractivity contribution is 5.42. The summed E-state index contributed by atoms with van der Waals surface area (Å²) >= 11 is 0. The van der Waals surface area contributed by atoms with Crippen molar-refractivity contribution in [2.45, 2.75) is 13.8 Å². The molecule has 10 heavy (non-hydrogen) atoms. The standard InChI is InChI=1S/C8H10N2/c1-6-3-4-8(10-9)5-7(6)2/h3-5,9H,1-2H3. The summed E-state index contributed by atoms with van der Waals surface area (Å²) in [6.45, 7) is 4.06. The molecule has 0 saturated carbocycles. The second kappa shape index (κ2) is 2.60. The fourth-order valence-electron chi connectivity index (χ4n) is 0.795. The predicted octanol–water partition coefficient (Wildman–Crippen LogP) is 2.97. The molecule has 0 aliphatic rings. The Hall–Kier alpha value is -1.18. The maximum atomic E-state index is 6.74. The Morgan fingerprint density at radius 1 is 1.20 bits per heavy atom. The topological polar surface area (TPSA) is 36.2 Å². The third-order valence-corrected chi connectivity index (χ3v) is 1.62. The van der Waals surface area contributed by atoms with Crippen LogP contribution in [0.2, 0.25) is 0 Å². The summed E-state index contributed by atoms with van der Waals surface area (Å²) in [6.07, 6.45) is 0. The molecule has 2 nitrogen and oxygen atoms in total. The fourth-order valence-corrected chi connectivity index (χ4v) is 0.795. The van der Waals surface area contributed by atoms with Crippen molar-refractivity contribution in [3.8, 4) is 0 Å². The van der Waals surface area contributed by atoms with Crippen molar-refractivity contribution in [2.75, 3.05) is 0 Å². The van der Waals surface area contributed by atoms with Crippen LogP contribution in [0.25, 0.3) is 0 Å². The quantitative estimate of drug-likeness (QED) is 0.573. The summed E-state index contributed by atoms with van der Waals surface area (Å²) in [4.78, 5) is 0. The van der Waals surface area contributed by atoms with Crippen LogP contribution in [-0.2, 0) is 0 Å². The first-order chi connectivity index (χ1) is 4.74. The van der Waals surface area contributed by atoms with E-state index < -0.39 is 0 Å². The highest BCUT2D eigenvalue weighted by Crippen LogP contribution is 2.15. The molecule has 52 valence electrons. The van der Waals surface area contributed by atoms with Crippen LogP contribution in [0.3, 0.4) is 0 Å². The summed E-state index contributed by atoms with van der Waals surface area (Å²) in [6, 6.07) is 5.72. The van der Waals surface area contributed by atoms with Gasteiger partial charge in [0, 0.05) is 0 Å². The summed E-state index contributed by atoms with van der Waals surface area (Å²) in [7, 11) is 0. The number of nitrogens with zero attached hydrogens (tertiary/aromatic N) is 1. The molecule has 1 aromatic carbocycles. The monoisotopic (exact) mass is 134 g/mol. The first-order valence-corrected chi connectivity index (χ1v) is 3.19. The molecule has 0 radical (unpaired) electrons. The van der Waals surface area contributed by atoms with E-state index in [-0.39, 0.29) is 0 Å². The maximum absolute atomic E-state index is 6.74. The molecule has 0 heterocycles. The van der Waals surface area contributed by atoms with Gasteiger partial charge >= 0.3 is 0 Å². The van der Waals surface area contributed by atoms with Crippen molar-refractivity contribution in [1.82, 2.24) is 0 Å². The van der Waals surface area contributed by atoms with E-state index in [1.807, 2.05) is 32.0 Å². The molecule has 0 saturated heterocycles. The van der Waals surface area contributed by atoms with Crippen molar-refractivity contribution in [2.24, 2.45) is 5.11 Å².